The standard InChI is InChI=1S/C17H23NO3/c1-20-14-11-13(12-14)15-7-3-4-8-16(15)21-17(19)18-9-5-2-6-10-18/h3-4,7-8,13-14H,2,5-6,9-12H2,1H3. The summed E-state index contributed by atoms with van der Waals surface area (Å²) >= 11 is 0. The summed E-state index contributed by atoms with van der Waals surface area (Å²) in [5, 5.41) is 0. The zero-order valence-electron chi connectivity index (χ0n) is 12.6. The molecule has 1 saturated carbocycles. The van der Waals surface area contributed by atoms with Gasteiger partial charge < -0.3 is 14.4 Å². The van der Waals surface area contributed by atoms with E-state index in [0.717, 1.165) is 44.3 Å². The molecule has 2 fully saturated rings. The summed E-state index contributed by atoms with van der Waals surface area (Å²) in [7, 11) is 1.75. The second-order valence-electron chi connectivity index (χ2n) is 5.98. The maximum Gasteiger partial charge on any atom is 0.415 e. The van der Waals surface area contributed by atoms with Crippen LogP contribution in [-0.2, 0) is 4.74 Å². The van der Waals surface area contributed by atoms with Gasteiger partial charge in [-0.1, -0.05) is 18.2 Å². The van der Waals surface area contributed by atoms with Crippen LogP contribution in [0, 0.1) is 0 Å². The highest BCUT2D eigenvalue weighted by Gasteiger charge is 2.32. The first-order chi connectivity index (χ1) is 10.3. The first-order valence-corrected chi connectivity index (χ1v) is 7.86. The Balaban J connectivity index is 1.66. The maximum atomic E-state index is 12.2. The Hall–Kier alpha value is -1.55. The predicted molar refractivity (Wildman–Crippen MR) is 80.7 cm³/mol. The van der Waals surface area contributed by atoms with Crippen molar-refractivity contribution in [2.75, 3.05) is 20.2 Å². The summed E-state index contributed by atoms with van der Waals surface area (Å²) in [5.74, 6) is 1.16. The predicted octanol–water partition coefficient (Wildman–Crippen LogP) is 3.56. The van der Waals surface area contributed by atoms with Crippen LogP contribution >= 0.6 is 0 Å². The number of likely N-dealkylation sites (tertiary alicyclic amines) is 1. The lowest BCUT2D eigenvalue weighted by Gasteiger charge is -2.35. The van der Waals surface area contributed by atoms with E-state index < -0.39 is 0 Å². The summed E-state index contributed by atoms with van der Waals surface area (Å²) in [5.41, 5.74) is 1.14. The van der Waals surface area contributed by atoms with E-state index in [1.54, 1.807) is 7.11 Å². The fourth-order valence-corrected chi connectivity index (χ4v) is 3.16. The van der Waals surface area contributed by atoms with Crippen molar-refractivity contribution in [1.29, 1.82) is 0 Å². The molecule has 1 amide bonds. The van der Waals surface area contributed by atoms with Gasteiger partial charge >= 0.3 is 6.09 Å². The summed E-state index contributed by atoms with van der Waals surface area (Å²) in [4.78, 5) is 14.1. The lowest BCUT2D eigenvalue weighted by Crippen LogP contribution is -2.38. The SMILES string of the molecule is COC1CC(c2ccccc2OC(=O)N2CCCCC2)C1. The number of ether oxygens (including phenoxy) is 2. The fourth-order valence-electron chi connectivity index (χ4n) is 3.16. The average Bonchev–Trinajstić information content (AvgIpc) is 2.49. The highest BCUT2D eigenvalue weighted by molar-refractivity contribution is 5.71. The normalized spacial score (nSPS) is 25.3. The van der Waals surface area contributed by atoms with Crippen LogP contribution in [0.15, 0.2) is 24.3 Å². The van der Waals surface area contributed by atoms with Crippen molar-refractivity contribution >= 4 is 6.09 Å². The lowest BCUT2D eigenvalue weighted by molar-refractivity contribution is 0.0252. The van der Waals surface area contributed by atoms with E-state index in [1.165, 1.54) is 6.42 Å². The minimum absolute atomic E-state index is 0.204. The van der Waals surface area contributed by atoms with Crippen molar-refractivity contribution in [3.05, 3.63) is 29.8 Å². The quantitative estimate of drug-likeness (QED) is 0.854. The van der Waals surface area contributed by atoms with Crippen LogP contribution in [0.4, 0.5) is 4.79 Å². The van der Waals surface area contributed by atoms with E-state index in [-0.39, 0.29) is 6.09 Å². The second kappa shape index (κ2) is 6.48. The molecule has 0 spiro atoms. The van der Waals surface area contributed by atoms with E-state index in [2.05, 4.69) is 6.07 Å². The summed E-state index contributed by atoms with van der Waals surface area (Å²) in [6.07, 6.45) is 5.53. The minimum atomic E-state index is -0.204. The molecular formula is C17H23NO3. The highest BCUT2D eigenvalue weighted by atomic mass is 16.6. The first kappa shape index (κ1) is 14.4. The third-order valence-corrected chi connectivity index (χ3v) is 4.60. The number of benzene rings is 1. The molecule has 3 rings (SSSR count). The molecule has 1 heterocycles. The zero-order valence-corrected chi connectivity index (χ0v) is 12.6. The molecule has 1 saturated heterocycles. The molecule has 2 aliphatic rings. The third-order valence-electron chi connectivity index (χ3n) is 4.60. The van der Waals surface area contributed by atoms with Crippen molar-refractivity contribution in [3.63, 3.8) is 0 Å². The van der Waals surface area contributed by atoms with Crippen LogP contribution in [0.5, 0.6) is 5.75 Å². The van der Waals surface area contributed by atoms with Crippen LogP contribution in [0.25, 0.3) is 0 Å². The Morgan fingerprint density at radius 1 is 1.14 bits per heavy atom. The Labute approximate surface area is 126 Å². The van der Waals surface area contributed by atoms with Gasteiger partial charge in [0, 0.05) is 20.2 Å². The number of amides is 1. The topological polar surface area (TPSA) is 38.8 Å². The molecule has 114 valence electrons. The van der Waals surface area contributed by atoms with Crippen molar-refractivity contribution in [2.24, 2.45) is 0 Å². The smallest absolute Gasteiger partial charge is 0.410 e. The van der Waals surface area contributed by atoms with E-state index in [1.807, 2.05) is 23.1 Å². The molecule has 0 radical (unpaired) electrons. The van der Waals surface area contributed by atoms with Crippen LogP contribution in [-0.4, -0.2) is 37.3 Å². The van der Waals surface area contributed by atoms with Gasteiger partial charge in [-0.3, -0.25) is 0 Å². The maximum absolute atomic E-state index is 12.2. The number of hydrogen-bond acceptors (Lipinski definition) is 3. The van der Waals surface area contributed by atoms with Crippen LogP contribution < -0.4 is 4.74 Å². The molecule has 1 aromatic rings. The van der Waals surface area contributed by atoms with Gasteiger partial charge in [0.25, 0.3) is 0 Å². The Kier molecular flexibility index (Phi) is 4.44. The molecule has 0 aromatic heterocycles. The number of rotatable bonds is 3. The first-order valence-electron chi connectivity index (χ1n) is 7.86. The van der Waals surface area contributed by atoms with Gasteiger partial charge in [-0.15, -0.1) is 0 Å². The van der Waals surface area contributed by atoms with E-state index in [4.69, 9.17) is 9.47 Å². The number of methoxy groups -OCH3 is 1. The van der Waals surface area contributed by atoms with Gasteiger partial charge in [0.2, 0.25) is 0 Å². The van der Waals surface area contributed by atoms with Gasteiger partial charge in [-0.05, 0) is 49.7 Å². The number of nitrogens with zero attached hydrogens (tertiary/aromatic N) is 1. The molecule has 0 bridgehead atoms. The van der Waals surface area contributed by atoms with Crippen molar-refractivity contribution in [2.45, 2.75) is 44.1 Å². The van der Waals surface area contributed by atoms with Gasteiger partial charge in [0.1, 0.15) is 5.75 Å². The van der Waals surface area contributed by atoms with Crippen LogP contribution in [0.1, 0.15) is 43.6 Å². The van der Waals surface area contributed by atoms with Gasteiger partial charge in [-0.25, -0.2) is 4.79 Å². The third kappa shape index (κ3) is 3.21. The zero-order chi connectivity index (χ0) is 14.7. The second-order valence-corrected chi connectivity index (χ2v) is 5.98. The number of piperidine rings is 1. The van der Waals surface area contributed by atoms with Gasteiger partial charge in [-0.2, -0.15) is 0 Å². The van der Waals surface area contributed by atoms with E-state index in [0.29, 0.717) is 17.8 Å². The molecule has 0 atom stereocenters. The van der Waals surface area contributed by atoms with E-state index >= 15 is 0 Å². The summed E-state index contributed by atoms with van der Waals surface area (Å²) in [6, 6.07) is 7.90. The van der Waals surface area contributed by atoms with Crippen molar-refractivity contribution in [3.8, 4) is 5.75 Å². The largest absolute Gasteiger partial charge is 0.415 e. The highest BCUT2D eigenvalue weighted by Crippen LogP contribution is 2.42. The fraction of sp³-hybridized carbons (Fsp3) is 0.588. The molecule has 1 aliphatic carbocycles. The average molecular weight is 289 g/mol. The molecule has 1 aromatic carbocycles. The van der Waals surface area contributed by atoms with Gasteiger partial charge in [0.05, 0.1) is 6.10 Å². The molecule has 4 nitrogen and oxygen atoms in total. The molecular weight excluding hydrogens is 266 g/mol. The molecule has 21 heavy (non-hydrogen) atoms. The monoisotopic (exact) mass is 289 g/mol. The number of carbonyl (C=O) groups is 1. The molecule has 1 aliphatic heterocycles. The summed E-state index contributed by atoms with van der Waals surface area (Å²) < 4.78 is 11.0. The molecule has 4 heteroatoms. The number of carbonyl (C=O) groups excluding carboxylic acids is 1. The van der Waals surface area contributed by atoms with Gasteiger partial charge in [0.15, 0.2) is 0 Å². The lowest BCUT2D eigenvalue weighted by atomic mass is 9.77. The van der Waals surface area contributed by atoms with Crippen molar-refractivity contribution in [1.82, 2.24) is 4.90 Å². The Morgan fingerprint density at radius 2 is 1.86 bits per heavy atom. The van der Waals surface area contributed by atoms with Crippen LogP contribution in [0.2, 0.25) is 0 Å². The van der Waals surface area contributed by atoms with Crippen LogP contribution in [0.3, 0.4) is 0 Å². The van der Waals surface area contributed by atoms with E-state index in [9.17, 15) is 4.79 Å². The Morgan fingerprint density at radius 3 is 2.57 bits per heavy atom. The summed E-state index contributed by atoms with van der Waals surface area (Å²) in [6.45, 7) is 1.63. The van der Waals surface area contributed by atoms with Crippen molar-refractivity contribution < 1.29 is 14.3 Å². The Bertz CT molecular complexity index is 491. The molecule has 0 unspecified atom stereocenters. The number of hydrogen-bond donors (Lipinski definition) is 0. The number of para-hydroxylation sites is 1. The minimum Gasteiger partial charge on any atom is -0.410 e. The molecule has 0 N–H and O–H groups in total.